The van der Waals surface area contributed by atoms with Crippen LogP contribution in [0.2, 0.25) is 0 Å². The summed E-state index contributed by atoms with van der Waals surface area (Å²) in [4.78, 5) is 29.3. The van der Waals surface area contributed by atoms with E-state index >= 15 is 0 Å². The first-order chi connectivity index (χ1) is 12.8. The van der Waals surface area contributed by atoms with Crippen molar-refractivity contribution in [2.24, 2.45) is 0 Å². The summed E-state index contributed by atoms with van der Waals surface area (Å²) in [5.41, 5.74) is -0.0825. The smallest absolute Gasteiger partial charge is 0.341 e. The number of rotatable bonds is 6. The van der Waals surface area contributed by atoms with Crippen LogP contribution in [0.4, 0.5) is 21.6 Å². The number of nitro groups is 1. The molecule has 9 nitrogen and oxygen atoms in total. The van der Waals surface area contributed by atoms with Gasteiger partial charge in [-0.15, -0.1) is 0 Å². The number of fused-ring (bicyclic) bond motifs is 1. The van der Waals surface area contributed by atoms with Crippen molar-refractivity contribution in [3.63, 3.8) is 0 Å². The number of nitrogens with one attached hydrogen (secondary N) is 1. The maximum absolute atomic E-state index is 14.1. The van der Waals surface area contributed by atoms with Gasteiger partial charge in [0.2, 0.25) is 0 Å². The molecule has 3 rings (SSSR count). The van der Waals surface area contributed by atoms with E-state index in [2.05, 4.69) is 31.2 Å². The molecule has 0 unspecified atom stereocenters. The van der Waals surface area contributed by atoms with Gasteiger partial charge in [-0.2, -0.15) is 0 Å². The van der Waals surface area contributed by atoms with Crippen LogP contribution < -0.4 is 10.1 Å². The molecule has 0 fully saturated rings. The van der Waals surface area contributed by atoms with E-state index in [4.69, 9.17) is 9.84 Å². The third kappa shape index (κ3) is 4.08. The average molecular weight is 437 g/mol. The summed E-state index contributed by atoms with van der Waals surface area (Å²) in [6, 6.07) is 6.74. The topological polar surface area (TPSA) is 127 Å². The first-order valence-electron chi connectivity index (χ1n) is 7.35. The second kappa shape index (κ2) is 7.50. The molecular weight excluding hydrogens is 427 g/mol. The molecule has 2 N–H and O–H groups in total. The Morgan fingerprint density at radius 2 is 2.11 bits per heavy atom. The third-order valence-electron chi connectivity index (χ3n) is 3.45. The van der Waals surface area contributed by atoms with E-state index in [0.717, 1.165) is 6.07 Å². The summed E-state index contributed by atoms with van der Waals surface area (Å²) in [7, 11) is 0. The maximum atomic E-state index is 14.1. The van der Waals surface area contributed by atoms with Crippen LogP contribution >= 0.6 is 15.9 Å². The highest BCUT2D eigenvalue weighted by Gasteiger charge is 2.20. The van der Waals surface area contributed by atoms with E-state index in [9.17, 15) is 19.3 Å². The van der Waals surface area contributed by atoms with Gasteiger partial charge in [0.1, 0.15) is 18.0 Å². The molecule has 1 heterocycles. The molecule has 0 radical (unpaired) electrons. The Labute approximate surface area is 159 Å². The molecule has 1 aromatic heterocycles. The van der Waals surface area contributed by atoms with Crippen LogP contribution in [-0.4, -0.2) is 32.6 Å². The number of nitro benzene ring substituents is 1. The van der Waals surface area contributed by atoms with Gasteiger partial charge in [-0.3, -0.25) is 10.1 Å². The van der Waals surface area contributed by atoms with Gasteiger partial charge in [0.15, 0.2) is 12.4 Å². The molecule has 138 valence electrons. The van der Waals surface area contributed by atoms with Crippen LogP contribution in [0.3, 0.4) is 0 Å². The first-order valence-corrected chi connectivity index (χ1v) is 8.14. The first kappa shape index (κ1) is 18.5. The van der Waals surface area contributed by atoms with Crippen LogP contribution in [0.25, 0.3) is 10.9 Å². The number of carbonyl (C=O) groups is 1. The molecule has 0 bridgehead atoms. The van der Waals surface area contributed by atoms with Crippen LogP contribution in [0, 0.1) is 15.9 Å². The molecule has 0 aliphatic rings. The minimum atomic E-state index is -1.28. The zero-order chi connectivity index (χ0) is 19.6. The zero-order valence-corrected chi connectivity index (χ0v) is 14.9. The fourth-order valence-electron chi connectivity index (χ4n) is 2.29. The maximum Gasteiger partial charge on any atom is 0.341 e. The number of carboxylic acids is 1. The van der Waals surface area contributed by atoms with Crippen molar-refractivity contribution >= 4 is 50.0 Å². The molecule has 3 aromatic rings. The average Bonchev–Trinajstić information content (AvgIpc) is 2.61. The van der Waals surface area contributed by atoms with Crippen LogP contribution in [0.1, 0.15) is 0 Å². The van der Waals surface area contributed by atoms with Crippen LogP contribution in [0.5, 0.6) is 5.75 Å². The number of aromatic nitrogens is 2. The van der Waals surface area contributed by atoms with Crippen LogP contribution in [0.15, 0.2) is 41.1 Å². The summed E-state index contributed by atoms with van der Waals surface area (Å²) < 4.78 is 19.6. The number of halogens is 2. The highest BCUT2D eigenvalue weighted by Crippen LogP contribution is 2.35. The predicted molar refractivity (Wildman–Crippen MR) is 96.7 cm³/mol. The third-order valence-corrected chi connectivity index (χ3v) is 3.94. The van der Waals surface area contributed by atoms with Crippen molar-refractivity contribution in [1.29, 1.82) is 0 Å². The van der Waals surface area contributed by atoms with Crippen molar-refractivity contribution in [1.82, 2.24) is 9.97 Å². The second-order valence-corrected chi connectivity index (χ2v) is 6.16. The van der Waals surface area contributed by atoms with Gasteiger partial charge in [0.25, 0.3) is 0 Å². The van der Waals surface area contributed by atoms with Gasteiger partial charge in [-0.1, -0.05) is 15.9 Å². The van der Waals surface area contributed by atoms with Crippen molar-refractivity contribution in [3.05, 3.63) is 57.1 Å². The molecule has 0 atom stereocenters. The standard InChI is InChI=1S/C16H10BrFN4O5/c17-8-1-2-11(10(18)3-8)21-16-9-4-13(22(25)26)14(27-6-15(23)24)5-12(9)19-7-20-16/h1-5,7H,6H2,(H,23,24)(H,19,20,21). The number of nitrogens with zero attached hydrogens (tertiary/aromatic N) is 3. The molecule has 0 saturated carbocycles. The van der Waals surface area contributed by atoms with E-state index < -0.39 is 29.0 Å². The zero-order valence-electron chi connectivity index (χ0n) is 13.3. The number of ether oxygens (including phenoxy) is 1. The number of carboxylic acid groups (broad SMARTS) is 1. The van der Waals surface area contributed by atoms with Gasteiger partial charge < -0.3 is 15.2 Å². The quantitative estimate of drug-likeness (QED) is 0.442. The van der Waals surface area contributed by atoms with Crippen LogP contribution in [-0.2, 0) is 4.79 Å². The monoisotopic (exact) mass is 436 g/mol. The van der Waals surface area contributed by atoms with E-state index in [1.807, 2.05) is 0 Å². The Morgan fingerprint density at radius 3 is 2.78 bits per heavy atom. The fourth-order valence-corrected chi connectivity index (χ4v) is 2.62. The Balaban J connectivity index is 2.08. The molecule has 11 heteroatoms. The van der Waals surface area contributed by atoms with Gasteiger partial charge in [0, 0.05) is 16.6 Å². The Hall–Kier alpha value is -3.34. The molecule has 2 aromatic carbocycles. The minimum Gasteiger partial charge on any atom is -0.479 e. The van der Waals surface area contributed by atoms with Crippen molar-refractivity contribution < 1.29 is 24.0 Å². The SMILES string of the molecule is O=C(O)COc1cc2ncnc(Nc3ccc(Br)cc3F)c2cc1[N+](=O)[O-]. The van der Waals surface area contributed by atoms with Gasteiger partial charge >= 0.3 is 11.7 Å². The molecule has 0 aliphatic carbocycles. The van der Waals surface area contributed by atoms with E-state index in [1.165, 1.54) is 24.5 Å². The number of benzene rings is 2. The summed E-state index contributed by atoms with van der Waals surface area (Å²) in [6.07, 6.45) is 1.19. The predicted octanol–water partition coefficient (Wildman–Crippen LogP) is 3.65. The fraction of sp³-hybridized carbons (Fsp3) is 0.0625. The lowest BCUT2D eigenvalue weighted by atomic mass is 10.2. The van der Waals surface area contributed by atoms with Crippen molar-refractivity contribution in [2.45, 2.75) is 0 Å². The second-order valence-electron chi connectivity index (χ2n) is 5.25. The Bertz CT molecular complexity index is 1060. The lowest BCUT2D eigenvalue weighted by molar-refractivity contribution is -0.385. The van der Waals surface area contributed by atoms with Gasteiger partial charge in [-0.25, -0.2) is 19.2 Å². The lowest BCUT2D eigenvalue weighted by Crippen LogP contribution is -2.10. The number of hydrogen-bond donors (Lipinski definition) is 2. The largest absolute Gasteiger partial charge is 0.479 e. The molecule has 0 aliphatic heterocycles. The lowest BCUT2D eigenvalue weighted by Gasteiger charge is -2.11. The number of hydrogen-bond acceptors (Lipinski definition) is 7. The Morgan fingerprint density at radius 1 is 1.33 bits per heavy atom. The summed E-state index contributed by atoms with van der Waals surface area (Å²) in [6.45, 7) is -0.743. The summed E-state index contributed by atoms with van der Waals surface area (Å²) in [5, 5.41) is 23.0. The van der Waals surface area contributed by atoms with Gasteiger partial charge in [0.05, 0.1) is 21.5 Å². The molecule has 0 saturated heterocycles. The van der Waals surface area contributed by atoms with E-state index in [-0.39, 0.29) is 28.2 Å². The minimum absolute atomic E-state index is 0.118. The molecular formula is C16H10BrFN4O5. The van der Waals surface area contributed by atoms with E-state index in [1.54, 1.807) is 6.07 Å². The number of anilines is 2. The van der Waals surface area contributed by atoms with Gasteiger partial charge in [-0.05, 0) is 18.2 Å². The highest BCUT2D eigenvalue weighted by molar-refractivity contribution is 9.10. The normalized spacial score (nSPS) is 10.6. The van der Waals surface area contributed by atoms with E-state index in [0.29, 0.717) is 4.47 Å². The molecule has 0 amide bonds. The number of aliphatic carboxylic acids is 1. The Kier molecular flexibility index (Phi) is 5.12. The van der Waals surface area contributed by atoms with Crippen molar-refractivity contribution in [3.8, 4) is 5.75 Å². The molecule has 27 heavy (non-hydrogen) atoms. The molecule has 0 spiro atoms. The van der Waals surface area contributed by atoms with Crippen molar-refractivity contribution in [2.75, 3.05) is 11.9 Å². The summed E-state index contributed by atoms with van der Waals surface area (Å²) >= 11 is 3.16. The summed E-state index contributed by atoms with van der Waals surface area (Å²) in [5.74, 6) is -1.92. The highest BCUT2D eigenvalue weighted by atomic mass is 79.9.